The van der Waals surface area contributed by atoms with Crippen LogP contribution in [-0.2, 0) is 16.6 Å². The number of hydrogen-bond acceptors (Lipinski definition) is 5. The van der Waals surface area contributed by atoms with Gasteiger partial charge in [0.1, 0.15) is 0 Å². The van der Waals surface area contributed by atoms with Crippen molar-refractivity contribution in [2.45, 2.75) is 51.5 Å². The van der Waals surface area contributed by atoms with Crippen molar-refractivity contribution >= 4 is 5.91 Å². The number of rotatable bonds is 7. The summed E-state index contributed by atoms with van der Waals surface area (Å²) >= 11 is 0. The fourth-order valence-corrected chi connectivity index (χ4v) is 2.19. The molecule has 130 valence electrons. The zero-order chi connectivity index (χ0) is 17.6. The number of aromatic nitrogens is 2. The molecule has 6 nitrogen and oxygen atoms in total. The van der Waals surface area contributed by atoms with E-state index in [4.69, 9.17) is 10.3 Å². The normalized spacial score (nSPS) is 12.8. The molecular weight excluding hydrogens is 304 g/mol. The van der Waals surface area contributed by atoms with Gasteiger partial charge in [0.05, 0.1) is 0 Å². The Hall–Kier alpha value is -2.21. The highest BCUT2D eigenvalue weighted by atomic mass is 16.5. The molecule has 6 heteroatoms. The van der Waals surface area contributed by atoms with Gasteiger partial charge in [0.25, 0.3) is 0 Å². The number of nitrogens with two attached hydrogens (primary N) is 1. The van der Waals surface area contributed by atoms with Gasteiger partial charge in [0.15, 0.2) is 5.82 Å². The average Bonchev–Trinajstić information content (AvgIpc) is 3.02. The maximum atomic E-state index is 11.9. The lowest BCUT2D eigenvalue weighted by Crippen LogP contribution is -2.31. The summed E-state index contributed by atoms with van der Waals surface area (Å²) < 4.78 is 5.22. The quantitative estimate of drug-likeness (QED) is 0.813. The van der Waals surface area contributed by atoms with Crippen LogP contribution in [0.15, 0.2) is 34.9 Å². The van der Waals surface area contributed by atoms with Crippen LogP contribution in [0.4, 0.5) is 0 Å². The fraction of sp³-hybridized carbons (Fsp3) is 0.500. The van der Waals surface area contributed by atoms with Gasteiger partial charge in [-0.15, -0.1) is 0 Å². The molecule has 1 atom stereocenters. The molecule has 0 aliphatic rings. The molecule has 24 heavy (non-hydrogen) atoms. The van der Waals surface area contributed by atoms with Crippen molar-refractivity contribution in [1.82, 2.24) is 15.5 Å². The molecule has 3 N–H and O–H groups in total. The highest BCUT2D eigenvalue weighted by Gasteiger charge is 2.20. The predicted octanol–water partition coefficient (Wildman–Crippen LogP) is 2.51. The lowest BCUT2D eigenvalue weighted by atomic mass is 9.96. The van der Waals surface area contributed by atoms with Crippen molar-refractivity contribution in [2.75, 3.05) is 6.54 Å². The molecule has 1 aromatic carbocycles. The van der Waals surface area contributed by atoms with Crippen molar-refractivity contribution < 1.29 is 9.32 Å². The first-order valence-electron chi connectivity index (χ1n) is 8.26. The van der Waals surface area contributed by atoms with E-state index in [1.807, 2.05) is 51.1 Å². The van der Waals surface area contributed by atoms with Gasteiger partial charge in [-0.3, -0.25) is 4.79 Å². The zero-order valence-corrected chi connectivity index (χ0v) is 14.6. The molecule has 0 aliphatic heterocycles. The number of hydrogen-bond donors (Lipinski definition) is 2. The number of benzene rings is 1. The van der Waals surface area contributed by atoms with Gasteiger partial charge in [-0.2, -0.15) is 4.98 Å². The number of nitrogens with zero attached hydrogens (tertiary/aromatic N) is 2. The summed E-state index contributed by atoms with van der Waals surface area (Å²) in [5, 5.41) is 6.84. The summed E-state index contributed by atoms with van der Waals surface area (Å²) in [6.07, 6.45) is 1.67. The molecule has 1 aromatic heterocycles. The zero-order valence-electron chi connectivity index (χ0n) is 14.6. The van der Waals surface area contributed by atoms with Gasteiger partial charge < -0.3 is 15.6 Å². The van der Waals surface area contributed by atoms with Crippen molar-refractivity contribution in [3.05, 3.63) is 47.6 Å². The maximum Gasteiger partial charge on any atom is 0.226 e. The first-order valence-corrected chi connectivity index (χ1v) is 8.26. The molecule has 0 saturated carbocycles. The molecule has 0 radical (unpaired) electrons. The lowest BCUT2D eigenvalue weighted by molar-refractivity contribution is -0.121. The number of carbonyl (C=O) groups excluding carboxylic acids is 1. The highest BCUT2D eigenvalue weighted by molar-refractivity contribution is 5.75. The minimum atomic E-state index is -0.194. The minimum absolute atomic E-state index is 0.0167. The molecule has 1 unspecified atom stereocenters. The Labute approximate surface area is 142 Å². The molecule has 0 spiro atoms. The third kappa shape index (κ3) is 5.45. The number of nitrogens with one attached hydrogen (secondary N) is 1. The summed E-state index contributed by atoms with van der Waals surface area (Å²) in [4.78, 5) is 16.3. The van der Waals surface area contributed by atoms with Crippen molar-refractivity contribution in [3.63, 3.8) is 0 Å². The van der Waals surface area contributed by atoms with Gasteiger partial charge >= 0.3 is 0 Å². The van der Waals surface area contributed by atoms with E-state index in [0.717, 1.165) is 5.56 Å². The lowest BCUT2D eigenvalue weighted by Gasteiger charge is -2.13. The summed E-state index contributed by atoms with van der Waals surface area (Å²) in [5.41, 5.74) is 6.94. The van der Waals surface area contributed by atoms with E-state index in [2.05, 4.69) is 15.5 Å². The molecule has 0 fully saturated rings. The Bertz CT molecular complexity index is 647. The number of amides is 1. The van der Waals surface area contributed by atoms with E-state index >= 15 is 0 Å². The van der Waals surface area contributed by atoms with Gasteiger partial charge in [0.2, 0.25) is 11.8 Å². The topological polar surface area (TPSA) is 94.0 Å². The van der Waals surface area contributed by atoms with E-state index < -0.39 is 0 Å². The van der Waals surface area contributed by atoms with E-state index in [0.29, 0.717) is 37.5 Å². The predicted molar refractivity (Wildman–Crippen MR) is 92.3 cm³/mol. The van der Waals surface area contributed by atoms with E-state index in [9.17, 15) is 4.79 Å². The standard InChI is InChI=1S/C18H26N4O2/c1-18(2,3)17-21-16(24-22-17)11-7-10-15(23)20-12-14(19)13-8-5-4-6-9-13/h4-6,8-9,14H,7,10-12,19H2,1-3H3,(H,20,23). The van der Waals surface area contributed by atoms with Crippen molar-refractivity contribution in [3.8, 4) is 0 Å². The maximum absolute atomic E-state index is 11.9. The first-order chi connectivity index (χ1) is 11.4. The largest absolute Gasteiger partial charge is 0.354 e. The molecule has 0 bridgehead atoms. The summed E-state index contributed by atoms with van der Waals surface area (Å²) in [7, 11) is 0. The van der Waals surface area contributed by atoms with Gasteiger partial charge in [-0.05, 0) is 12.0 Å². The number of carbonyl (C=O) groups is 1. The molecule has 1 amide bonds. The van der Waals surface area contributed by atoms with Crippen LogP contribution in [0, 0.1) is 0 Å². The Morgan fingerprint density at radius 1 is 1.29 bits per heavy atom. The monoisotopic (exact) mass is 330 g/mol. The van der Waals surface area contributed by atoms with E-state index in [-0.39, 0.29) is 17.4 Å². The smallest absolute Gasteiger partial charge is 0.226 e. The molecule has 2 rings (SSSR count). The Morgan fingerprint density at radius 3 is 2.62 bits per heavy atom. The van der Waals surface area contributed by atoms with Crippen LogP contribution in [0.1, 0.15) is 56.9 Å². The van der Waals surface area contributed by atoms with Gasteiger partial charge in [0, 0.05) is 30.8 Å². The fourth-order valence-electron chi connectivity index (χ4n) is 2.19. The molecule has 1 heterocycles. The van der Waals surface area contributed by atoms with Crippen LogP contribution in [-0.4, -0.2) is 22.6 Å². The van der Waals surface area contributed by atoms with Crippen LogP contribution in [0.2, 0.25) is 0 Å². The van der Waals surface area contributed by atoms with Crippen LogP contribution < -0.4 is 11.1 Å². The summed E-state index contributed by atoms with van der Waals surface area (Å²) in [6.45, 7) is 6.53. The van der Waals surface area contributed by atoms with Crippen LogP contribution in [0.5, 0.6) is 0 Å². The first kappa shape index (κ1) is 18.1. The third-order valence-corrected chi connectivity index (χ3v) is 3.68. The van der Waals surface area contributed by atoms with Crippen molar-refractivity contribution in [1.29, 1.82) is 0 Å². The minimum Gasteiger partial charge on any atom is -0.354 e. The highest BCUT2D eigenvalue weighted by Crippen LogP contribution is 2.18. The Morgan fingerprint density at radius 2 is 2.00 bits per heavy atom. The second-order valence-electron chi connectivity index (χ2n) is 6.94. The molecule has 0 saturated heterocycles. The second-order valence-corrected chi connectivity index (χ2v) is 6.94. The third-order valence-electron chi connectivity index (χ3n) is 3.68. The van der Waals surface area contributed by atoms with E-state index in [1.165, 1.54) is 0 Å². The van der Waals surface area contributed by atoms with Crippen LogP contribution in [0.25, 0.3) is 0 Å². The second kappa shape index (κ2) is 8.06. The van der Waals surface area contributed by atoms with Crippen LogP contribution >= 0.6 is 0 Å². The van der Waals surface area contributed by atoms with E-state index in [1.54, 1.807) is 0 Å². The summed E-state index contributed by atoms with van der Waals surface area (Å²) in [6, 6.07) is 9.54. The Balaban J connectivity index is 1.69. The molecule has 0 aliphatic carbocycles. The SMILES string of the molecule is CC(C)(C)c1noc(CCCC(=O)NCC(N)c2ccccc2)n1. The average molecular weight is 330 g/mol. The summed E-state index contributed by atoms with van der Waals surface area (Å²) in [5.74, 6) is 1.25. The number of aryl methyl sites for hydroxylation is 1. The molecular formula is C18H26N4O2. The molecule has 2 aromatic rings. The van der Waals surface area contributed by atoms with Crippen molar-refractivity contribution in [2.24, 2.45) is 5.73 Å². The van der Waals surface area contributed by atoms with Gasteiger partial charge in [-0.25, -0.2) is 0 Å². The van der Waals surface area contributed by atoms with Gasteiger partial charge in [-0.1, -0.05) is 56.3 Å². The Kier molecular flexibility index (Phi) is 6.09. The van der Waals surface area contributed by atoms with Crippen LogP contribution in [0.3, 0.4) is 0 Å².